The highest BCUT2D eigenvalue weighted by Crippen LogP contribution is 2.46. The Balaban J connectivity index is 1.04. The zero-order valence-corrected chi connectivity index (χ0v) is 36.4. The van der Waals surface area contributed by atoms with Crippen LogP contribution in [0, 0.1) is 11.8 Å². The van der Waals surface area contributed by atoms with Crippen molar-refractivity contribution in [3.05, 3.63) is 66.5 Å². The van der Waals surface area contributed by atoms with Crippen molar-refractivity contribution in [3.63, 3.8) is 0 Å². The Hall–Kier alpha value is -5.85. The number of methoxy groups -OCH3 is 2. The largest absolute Gasteiger partial charge is 0.469 e. The van der Waals surface area contributed by atoms with Crippen molar-refractivity contribution in [1.29, 1.82) is 0 Å². The van der Waals surface area contributed by atoms with Crippen molar-refractivity contribution >= 4 is 28.8 Å². The SMILES string of the molecule is CCC1Oc2cc(-c3cnc(C4CCCN4C(=O)C(NC(=O)OC)C(C)C)[nH]3)ccc2-c2cc3cc(-c4cnc(C5CC(F)(F)CN5C(=O)C(NC(O)OC)C(C)C)[nH]4)ccc3n21. The lowest BCUT2D eigenvalue weighted by Crippen LogP contribution is -2.53. The van der Waals surface area contributed by atoms with Gasteiger partial charge in [0.2, 0.25) is 18.2 Å². The number of halogens is 2. The minimum absolute atomic E-state index is 0.142. The summed E-state index contributed by atoms with van der Waals surface area (Å²) in [4.78, 5) is 58.3. The number of rotatable bonds is 13. The van der Waals surface area contributed by atoms with Gasteiger partial charge in [-0.25, -0.2) is 23.5 Å². The molecule has 3 aliphatic rings. The van der Waals surface area contributed by atoms with E-state index in [-0.39, 0.29) is 35.8 Å². The lowest BCUT2D eigenvalue weighted by molar-refractivity contribution is -0.146. The Bertz CT molecular complexity index is 2500. The van der Waals surface area contributed by atoms with E-state index < -0.39 is 55.4 Å². The van der Waals surface area contributed by atoms with Gasteiger partial charge >= 0.3 is 6.09 Å². The van der Waals surface area contributed by atoms with Crippen LogP contribution in [0.1, 0.15) is 90.3 Å². The molecule has 5 aromatic rings. The van der Waals surface area contributed by atoms with Crippen LogP contribution in [0.15, 0.2) is 54.9 Å². The van der Waals surface area contributed by atoms with E-state index in [4.69, 9.17) is 19.2 Å². The predicted molar refractivity (Wildman–Crippen MR) is 229 cm³/mol. The van der Waals surface area contributed by atoms with Crippen LogP contribution in [0.4, 0.5) is 13.6 Å². The van der Waals surface area contributed by atoms with Gasteiger partial charge in [-0.05, 0) is 55.0 Å². The molecule has 6 unspecified atom stereocenters. The van der Waals surface area contributed by atoms with Gasteiger partial charge in [-0.2, -0.15) is 0 Å². The molecule has 3 amide bonds. The van der Waals surface area contributed by atoms with Gasteiger partial charge in [0.05, 0.1) is 66.8 Å². The highest BCUT2D eigenvalue weighted by molar-refractivity contribution is 5.92. The molecule has 2 aromatic carbocycles. The number of hydrogen-bond donors (Lipinski definition) is 5. The van der Waals surface area contributed by atoms with Gasteiger partial charge in [-0.1, -0.05) is 46.8 Å². The first kappa shape index (κ1) is 43.8. The van der Waals surface area contributed by atoms with Gasteiger partial charge in [0.25, 0.3) is 5.92 Å². The van der Waals surface area contributed by atoms with Crippen molar-refractivity contribution < 1.29 is 42.5 Å². The first-order valence-electron chi connectivity index (χ1n) is 21.5. The summed E-state index contributed by atoms with van der Waals surface area (Å²) >= 11 is 0. The molecule has 3 aromatic heterocycles. The summed E-state index contributed by atoms with van der Waals surface area (Å²) in [5.74, 6) is -2.71. The van der Waals surface area contributed by atoms with Crippen molar-refractivity contribution in [2.24, 2.45) is 11.8 Å². The van der Waals surface area contributed by atoms with Crippen molar-refractivity contribution in [3.8, 4) is 39.5 Å². The summed E-state index contributed by atoms with van der Waals surface area (Å²) in [7, 11) is 2.55. The normalized spacial score (nSPS) is 20.7. The summed E-state index contributed by atoms with van der Waals surface area (Å²) in [5.41, 5.74) is 5.91. The summed E-state index contributed by atoms with van der Waals surface area (Å²) in [5, 5.41) is 16.4. The average Bonchev–Trinajstić information content (AvgIpc) is 4.12. The topological polar surface area (TPSA) is 192 Å². The number of alkyl halides is 2. The molecule has 336 valence electrons. The van der Waals surface area contributed by atoms with Crippen LogP contribution in [0.25, 0.3) is 44.7 Å². The fourth-order valence-electron chi connectivity index (χ4n) is 9.13. The van der Waals surface area contributed by atoms with Crippen LogP contribution < -0.4 is 15.4 Å². The fraction of sp³-hybridized carbons (Fsp3) is 0.489. The third-order valence-electron chi connectivity index (χ3n) is 12.4. The minimum atomic E-state index is -3.13. The number of aromatic amines is 2. The molecule has 8 rings (SSSR count). The molecular weight excluding hydrogens is 817 g/mol. The van der Waals surface area contributed by atoms with Gasteiger partial charge in [0.15, 0.2) is 6.23 Å². The van der Waals surface area contributed by atoms with E-state index in [1.54, 1.807) is 31.1 Å². The summed E-state index contributed by atoms with van der Waals surface area (Å²) in [6.07, 6.45) is 2.62. The number of likely N-dealkylation sites (tertiary alicyclic amines) is 2. The first-order valence-corrected chi connectivity index (χ1v) is 21.5. The molecule has 0 radical (unpaired) electrons. The summed E-state index contributed by atoms with van der Waals surface area (Å²) < 4.78 is 48.5. The van der Waals surface area contributed by atoms with Gasteiger partial charge in [0.1, 0.15) is 23.4 Å². The number of aliphatic hydroxyl groups is 1. The highest BCUT2D eigenvalue weighted by Gasteiger charge is 2.50. The molecule has 0 bridgehead atoms. The number of amides is 3. The second-order valence-corrected chi connectivity index (χ2v) is 17.3. The lowest BCUT2D eigenvalue weighted by atomic mass is 10.0. The van der Waals surface area contributed by atoms with E-state index in [1.807, 2.05) is 50.2 Å². The Morgan fingerprint density at radius 3 is 2.22 bits per heavy atom. The Morgan fingerprint density at radius 2 is 1.57 bits per heavy atom. The number of carbonyl (C=O) groups excluding carboxylic acids is 3. The molecule has 3 aliphatic heterocycles. The van der Waals surface area contributed by atoms with Gasteiger partial charge < -0.3 is 49.0 Å². The predicted octanol–water partition coefficient (Wildman–Crippen LogP) is 6.88. The maximum Gasteiger partial charge on any atom is 0.407 e. The van der Waals surface area contributed by atoms with Crippen molar-refractivity contribution in [2.75, 3.05) is 27.3 Å². The number of nitrogens with one attached hydrogen (secondary N) is 4. The molecule has 0 aliphatic carbocycles. The first-order chi connectivity index (χ1) is 30.1. The number of imidazole rings is 2. The van der Waals surface area contributed by atoms with Crippen LogP contribution in [-0.2, 0) is 19.1 Å². The van der Waals surface area contributed by atoms with E-state index in [0.717, 1.165) is 62.5 Å². The quantitative estimate of drug-likeness (QED) is 0.0780. The number of fused-ring (bicyclic) bond motifs is 5. The number of H-pyrrole nitrogens is 2. The third-order valence-corrected chi connectivity index (χ3v) is 12.4. The van der Waals surface area contributed by atoms with Crippen LogP contribution in [-0.4, -0.2) is 109 Å². The van der Waals surface area contributed by atoms with E-state index in [1.165, 1.54) is 14.2 Å². The summed E-state index contributed by atoms with van der Waals surface area (Å²) in [6.45, 7) is 9.14. The summed E-state index contributed by atoms with van der Waals surface area (Å²) in [6, 6.07) is 11.2. The Labute approximate surface area is 363 Å². The van der Waals surface area contributed by atoms with Crippen LogP contribution in [0.2, 0.25) is 0 Å². The number of benzene rings is 2. The van der Waals surface area contributed by atoms with E-state index >= 15 is 0 Å². The Morgan fingerprint density at radius 1 is 0.921 bits per heavy atom. The minimum Gasteiger partial charge on any atom is -0.469 e. The number of aliphatic hydroxyl groups excluding tert-OH is 1. The molecule has 0 spiro atoms. The van der Waals surface area contributed by atoms with Crippen LogP contribution in [0.5, 0.6) is 5.75 Å². The number of aromatic nitrogens is 5. The monoisotopic (exact) mass is 871 g/mol. The second kappa shape index (κ2) is 17.4. The number of alkyl carbamates (subject to hydrolysis) is 1. The van der Waals surface area contributed by atoms with Crippen molar-refractivity contribution in [2.45, 2.75) is 103 Å². The zero-order chi connectivity index (χ0) is 44.9. The molecule has 2 fully saturated rings. The fourth-order valence-corrected chi connectivity index (χ4v) is 9.13. The average molecular weight is 872 g/mol. The van der Waals surface area contributed by atoms with Gasteiger partial charge in [0, 0.05) is 48.6 Å². The molecule has 5 N–H and O–H groups in total. The molecule has 6 heterocycles. The van der Waals surface area contributed by atoms with Crippen molar-refractivity contribution in [1.82, 2.24) is 44.9 Å². The number of ether oxygens (including phenoxy) is 3. The zero-order valence-electron chi connectivity index (χ0n) is 36.4. The van der Waals surface area contributed by atoms with E-state index in [0.29, 0.717) is 24.5 Å². The smallest absolute Gasteiger partial charge is 0.407 e. The second-order valence-electron chi connectivity index (χ2n) is 17.3. The maximum atomic E-state index is 15.0. The maximum absolute atomic E-state index is 15.0. The number of hydrogen-bond acceptors (Lipinski definition) is 10. The highest BCUT2D eigenvalue weighted by atomic mass is 19.3. The number of nitrogens with zero attached hydrogens (tertiary/aromatic N) is 5. The molecule has 6 atom stereocenters. The molecule has 2 saturated heterocycles. The molecule has 18 heteroatoms. The van der Waals surface area contributed by atoms with Gasteiger partial charge in [-0.15, -0.1) is 0 Å². The van der Waals surface area contributed by atoms with Crippen LogP contribution >= 0.6 is 0 Å². The van der Waals surface area contributed by atoms with Gasteiger partial charge in [-0.3, -0.25) is 14.9 Å². The Kier molecular flexibility index (Phi) is 12.1. The molecule has 63 heavy (non-hydrogen) atoms. The van der Waals surface area contributed by atoms with E-state index in [2.05, 4.69) is 43.1 Å². The molecule has 0 saturated carbocycles. The number of carbonyl (C=O) groups is 3. The van der Waals surface area contributed by atoms with E-state index in [9.17, 15) is 28.3 Å². The lowest BCUT2D eigenvalue weighted by Gasteiger charge is -2.31. The van der Waals surface area contributed by atoms with Crippen LogP contribution in [0.3, 0.4) is 0 Å². The standard InChI is InChI=1S/C45H55F2N9O7/c1-8-36-56-31-14-12-25(29-20-49-40(51-29)34-19-45(46,47)22-55(34)42(58)38(24(4)5)53-44(60)62-7)16-27(31)17-33(56)28-13-11-26(18-35(28)63-36)30-21-48-39(50-30)32-10-9-15-54(32)41(57)37(23(2)3)52-43(59)61-6/h11-14,16-18,20-21,23-24,32,34,36-38,44,53,60H,8-10,15,19,22H2,1-7H3,(H,48,50)(H,49,51)(H,52,59). The molecule has 16 nitrogen and oxygen atoms in total. The third kappa shape index (κ3) is 8.38. The molecular formula is C45H55F2N9O7.